The zero-order chi connectivity index (χ0) is 22.7. The van der Waals surface area contributed by atoms with Crippen LogP contribution >= 0.6 is 0 Å². The molecule has 0 aliphatic carbocycles. The Morgan fingerprint density at radius 2 is 1.91 bits per heavy atom. The molecule has 9 nitrogen and oxygen atoms in total. The van der Waals surface area contributed by atoms with E-state index in [4.69, 9.17) is 9.84 Å². The van der Waals surface area contributed by atoms with E-state index in [-0.39, 0.29) is 10.8 Å². The molecule has 3 aromatic rings. The molecule has 0 unspecified atom stereocenters. The van der Waals surface area contributed by atoms with Gasteiger partial charge in [-0.2, -0.15) is 5.10 Å². The highest BCUT2D eigenvalue weighted by Gasteiger charge is 2.19. The largest absolute Gasteiger partial charge is 0.487 e. The number of fused-ring (bicyclic) bond motifs is 2. The zero-order valence-corrected chi connectivity index (χ0v) is 18.7. The van der Waals surface area contributed by atoms with Crippen LogP contribution in [0.1, 0.15) is 18.2 Å². The lowest BCUT2D eigenvalue weighted by Gasteiger charge is -2.09. The molecule has 1 amide bonds. The molecule has 1 aliphatic rings. The van der Waals surface area contributed by atoms with Crippen molar-refractivity contribution in [2.24, 2.45) is 0 Å². The Hall–Kier alpha value is -3.21. The average molecular weight is 456 g/mol. The van der Waals surface area contributed by atoms with Crippen LogP contribution in [0.15, 0.2) is 53.4 Å². The summed E-state index contributed by atoms with van der Waals surface area (Å²) >= 11 is 0. The van der Waals surface area contributed by atoms with E-state index >= 15 is 0 Å². The third-order valence-electron chi connectivity index (χ3n) is 5.07. The standard InChI is InChI=1S/C22H25N5O4S/c1-15(28)25-18-6-3-17-13-27-19(14-31-22(17)11-18)12-21(26-27)16-4-7-20(8-5-16)32(29,30)24-10-9-23-2/h3-8,11-12,23-24H,9-10,13-14H2,1-2H3,(H,25,28). The van der Waals surface area contributed by atoms with E-state index in [1.165, 1.54) is 6.92 Å². The van der Waals surface area contributed by atoms with Gasteiger partial charge in [-0.15, -0.1) is 0 Å². The van der Waals surface area contributed by atoms with Gasteiger partial charge in [-0.3, -0.25) is 9.48 Å². The van der Waals surface area contributed by atoms with Crippen LogP contribution in [0.25, 0.3) is 11.3 Å². The summed E-state index contributed by atoms with van der Waals surface area (Å²) in [6.07, 6.45) is 0. The number of amides is 1. The topological polar surface area (TPSA) is 114 Å². The Labute approximate surface area is 186 Å². The minimum atomic E-state index is -3.55. The van der Waals surface area contributed by atoms with Crippen LogP contribution in [0, 0.1) is 0 Å². The molecule has 4 rings (SSSR count). The maximum atomic E-state index is 12.4. The molecule has 0 bridgehead atoms. The van der Waals surface area contributed by atoms with Crippen molar-refractivity contribution in [3.8, 4) is 17.0 Å². The first-order valence-corrected chi connectivity index (χ1v) is 11.7. The quantitative estimate of drug-likeness (QED) is 0.469. The highest BCUT2D eigenvalue weighted by molar-refractivity contribution is 7.89. The van der Waals surface area contributed by atoms with Gasteiger partial charge in [-0.05, 0) is 31.3 Å². The molecule has 0 radical (unpaired) electrons. The second-order valence-corrected chi connectivity index (χ2v) is 9.26. The lowest BCUT2D eigenvalue weighted by Crippen LogP contribution is -2.30. The Kier molecular flexibility index (Phi) is 6.26. The van der Waals surface area contributed by atoms with Gasteiger partial charge in [0, 0.05) is 42.9 Å². The third kappa shape index (κ3) is 4.82. The van der Waals surface area contributed by atoms with Crippen LogP contribution in [0.4, 0.5) is 5.69 Å². The zero-order valence-electron chi connectivity index (χ0n) is 17.9. The molecular formula is C22H25N5O4S. The molecule has 0 atom stereocenters. The predicted octanol–water partition coefficient (Wildman–Crippen LogP) is 1.95. The van der Waals surface area contributed by atoms with Crippen LogP contribution in [-0.2, 0) is 28.0 Å². The second kappa shape index (κ2) is 9.11. The molecule has 3 N–H and O–H groups in total. The Balaban J connectivity index is 1.52. The molecule has 0 saturated heterocycles. The van der Waals surface area contributed by atoms with Crippen molar-refractivity contribution in [1.82, 2.24) is 19.8 Å². The summed E-state index contributed by atoms with van der Waals surface area (Å²) in [5.41, 5.74) is 4.12. The number of anilines is 1. The fraction of sp³-hybridized carbons (Fsp3) is 0.273. The molecule has 0 saturated carbocycles. The van der Waals surface area contributed by atoms with Crippen LogP contribution in [0.3, 0.4) is 0 Å². The Bertz CT molecular complexity index is 1240. The van der Waals surface area contributed by atoms with E-state index in [2.05, 4.69) is 15.4 Å². The van der Waals surface area contributed by atoms with Gasteiger partial charge >= 0.3 is 0 Å². The van der Waals surface area contributed by atoms with E-state index in [0.29, 0.717) is 37.7 Å². The molecule has 32 heavy (non-hydrogen) atoms. The highest BCUT2D eigenvalue weighted by atomic mass is 32.2. The maximum Gasteiger partial charge on any atom is 0.240 e. The summed E-state index contributed by atoms with van der Waals surface area (Å²) in [6, 6.07) is 14.2. The van der Waals surface area contributed by atoms with E-state index in [1.54, 1.807) is 31.3 Å². The number of carbonyl (C=O) groups excluding carboxylic acids is 1. The number of benzene rings is 2. The number of carbonyl (C=O) groups is 1. The normalized spacial score (nSPS) is 12.9. The van der Waals surface area contributed by atoms with Crippen molar-refractivity contribution in [1.29, 1.82) is 0 Å². The van der Waals surface area contributed by atoms with Crippen molar-refractivity contribution < 1.29 is 17.9 Å². The fourth-order valence-electron chi connectivity index (χ4n) is 3.46. The molecule has 10 heteroatoms. The molecule has 1 aromatic heterocycles. The van der Waals surface area contributed by atoms with Crippen molar-refractivity contribution >= 4 is 21.6 Å². The average Bonchev–Trinajstić information content (AvgIpc) is 3.08. The highest BCUT2D eigenvalue weighted by Crippen LogP contribution is 2.30. The van der Waals surface area contributed by atoms with Gasteiger partial charge in [0.2, 0.25) is 15.9 Å². The first-order chi connectivity index (χ1) is 15.4. The number of ether oxygens (including phenoxy) is 1. The molecule has 0 fully saturated rings. The van der Waals surface area contributed by atoms with Crippen LogP contribution in [0.5, 0.6) is 5.75 Å². The van der Waals surface area contributed by atoms with Crippen molar-refractivity contribution in [3.63, 3.8) is 0 Å². The Morgan fingerprint density at radius 1 is 1.12 bits per heavy atom. The molecular weight excluding hydrogens is 430 g/mol. The number of nitrogens with one attached hydrogen (secondary N) is 3. The van der Waals surface area contributed by atoms with Crippen molar-refractivity contribution in [2.45, 2.75) is 25.0 Å². The van der Waals surface area contributed by atoms with E-state index in [1.807, 2.05) is 28.9 Å². The second-order valence-electron chi connectivity index (χ2n) is 7.50. The van der Waals surface area contributed by atoms with E-state index in [9.17, 15) is 13.2 Å². The van der Waals surface area contributed by atoms with E-state index in [0.717, 1.165) is 22.5 Å². The molecule has 168 valence electrons. The van der Waals surface area contributed by atoms with Crippen LogP contribution in [-0.4, -0.2) is 44.2 Å². The first kappa shape index (κ1) is 22.0. The number of sulfonamides is 1. The lowest BCUT2D eigenvalue weighted by atomic mass is 10.1. The van der Waals surface area contributed by atoms with Gasteiger partial charge < -0.3 is 15.4 Å². The van der Waals surface area contributed by atoms with Gasteiger partial charge in [0.25, 0.3) is 0 Å². The summed E-state index contributed by atoms with van der Waals surface area (Å²) < 4.78 is 35.1. The third-order valence-corrected chi connectivity index (χ3v) is 6.55. The maximum absolute atomic E-state index is 12.4. The van der Waals surface area contributed by atoms with Crippen molar-refractivity contribution in [3.05, 3.63) is 59.8 Å². The van der Waals surface area contributed by atoms with Gasteiger partial charge in [-0.1, -0.05) is 18.2 Å². The summed E-state index contributed by atoms with van der Waals surface area (Å²) in [5.74, 6) is 0.576. The number of rotatable bonds is 7. The van der Waals surface area contributed by atoms with Gasteiger partial charge in [0.05, 0.1) is 22.8 Å². The number of likely N-dealkylation sites (N-methyl/N-ethyl adjacent to an activating group) is 1. The minimum absolute atomic E-state index is 0.135. The molecule has 2 heterocycles. The monoisotopic (exact) mass is 455 g/mol. The number of hydrogen-bond acceptors (Lipinski definition) is 6. The van der Waals surface area contributed by atoms with Crippen molar-refractivity contribution in [2.75, 3.05) is 25.5 Å². The molecule has 1 aliphatic heterocycles. The minimum Gasteiger partial charge on any atom is -0.487 e. The Morgan fingerprint density at radius 3 is 2.62 bits per heavy atom. The smallest absolute Gasteiger partial charge is 0.240 e. The number of nitrogens with zero attached hydrogens (tertiary/aromatic N) is 2. The van der Waals surface area contributed by atoms with Gasteiger partial charge in [-0.25, -0.2) is 13.1 Å². The first-order valence-electron chi connectivity index (χ1n) is 10.2. The lowest BCUT2D eigenvalue weighted by molar-refractivity contribution is -0.114. The SMILES string of the molecule is CNCCNS(=O)(=O)c1ccc(-c2cc3n(n2)Cc2ccc(NC(C)=O)cc2OC3)cc1. The van der Waals surface area contributed by atoms with Gasteiger partial charge in [0.1, 0.15) is 12.4 Å². The summed E-state index contributed by atoms with van der Waals surface area (Å²) in [5, 5.41) is 10.4. The summed E-state index contributed by atoms with van der Waals surface area (Å²) in [6.45, 7) is 3.21. The predicted molar refractivity (Wildman–Crippen MR) is 121 cm³/mol. The van der Waals surface area contributed by atoms with E-state index < -0.39 is 10.0 Å². The molecule has 2 aromatic carbocycles. The van der Waals surface area contributed by atoms with Gasteiger partial charge in [0.15, 0.2) is 0 Å². The number of aromatic nitrogens is 2. The van der Waals surface area contributed by atoms with Crippen LogP contribution in [0.2, 0.25) is 0 Å². The summed E-state index contributed by atoms with van der Waals surface area (Å²) in [4.78, 5) is 11.5. The number of hydrogen-bond donors (Lipinski definition) is 3. The molecule has 0 spiro atoms. The fourth-order valence-corrected chi connectivity index (χ4v) is 4.49. The summed E-state index contributed by atoms with van der Waals surface area (Å²) in [7, 11) is -1.78. The van der Waals surface area contributed by atoms with Crippen LogP contribution < -0.4 is 20.1 Å².